The standard InChI is InChI=1S/C25H22ClIN2O7S/c1-2-35-19-12-15(11-18(27)22(19)36-24(32)16-5-3-4-6-17(16)26)13-20-23(31)29(25(33)37-20)14-21(30)28-7-9-34-10-8-28/h3-6,11-13H,2,7-10,14H2,1H3/b20-13-. The zero-order valence-corrected chi connectivity index (χ0v) is 23.4. The first-order chi connectivity index (χ1) is 17.8. The van der Waals surface area contributed by atoms with Crippen LogP contribution in [0.4, 0.5) is 4.79 Å². The van der Waals surface area contributed by atoms with Crippen molar-refractivity contribution in [1.29, 1.82) is 0 Å². The first kappa shape index (κ1) is 27.4. The third kappa shape index (κ3) is 6.46. The van der Waals surface area contributed by atoms with Gasteiger partial charge >= 0.3 is 5.97 Å². The largest absolute Gasteiger partial charge is 0.490 e. The summed E-state index contributed by atoms with van der Waals surface area (Å²) in [5.74, 6) is -0.969. The second-order valence-electron chi connectivity index (χ2n) is 7.89. The molecule has 2 fully saturated rings. The number of ether oxygens (including phenoxy) is 3. The molecule has 12 heteroatoms. The van der Waals surface area contributed by atoms with Gasteiger partial charge in [0, 0.05) is 13.1 Å². The molecule has 0 aliphatic carbocycles. The van der Waals surface area contributed by atoms with Crippen LogP contribution in [0, 0.1) is 3.57 Å². The predicted molar refractivity (Wildman–Crippen MR) is 147 cm³/mol. The van der Waals surface area contributed by atoms with Gasteiger partial charge in [-0.3, -0.25) is 19.3 Å². The van der Waals surface area contributed by atoms with Crippen molar-refractivity contribution in [3.05, 3.63) is 61.0 Å². The summed E-state index contributed by atoms with van der Waals surface area (Å²) >= 11 is 8.89. The topological polar surface area (TPSA) is 102 Å². The molecule has 4 rings (SSSR count). The van der Waals surface area contributed by atoms with Crippen LogP contribution >= 0.6 is 46.0 Å². The van der Waals surface area contributed by atoms with E-state index in [1.807, 2.05) is 22.6 Å². The third-order valence-corrected chi connectivity index (χ3v) is 7.49. The van der Waals surface area contributed by atoms with E-state index in [1.54, 1.807) is 54.3 Å². The number of amides is 3. The normalized spacial score (nSPS) is 16.9. The Balaban J connectivity index is 1.54. The van der Waals surface area contributed by atoms with Gasteiger partial charge in [0.25, 0.3) is 11.1 Å². The van der Waals surface area contributed by atoms with Crippen LogP contribution in [0.3, 0.4) is 0 Å². The van der Waals surface area contributed by atoms with E-state index in [2.05, 4.69) is 0 Å². The van der Waals surface area contributed by atoms with Crippen molar-refractivity contribution in [2.75, 3.05) is 39.5 Å². The van der Waals surface area contributed by atoms with Crippen LogP contribution in [0.15, 0.2) is 41.3 Å². The van der Waals surface area contributed by atoms with Crippen LogP contribution < -0.4 is 9.47 Å². The number of imide groups is 1. The molecule has 37 heavy (non-hydrogen) atoms. The smallest absolute Gasteiger partial charge is 0.345 e. The van der Waals surface area contributed by atoms with Gasteiger partial charge in [-0.05, 0) is 77.2 Å². The molecule has 2 aromatic carbocycles. The monoisotopic (exact) mass is 656 g/mol. The summed E-state index contributed by atoms with van der Waals surface area (Å²) in [7, 11) is 0. The zero-order valence-electron chi connectivity index (χ0n) is 19.7. The maximum absolute atomic E-state index is 12.9. The van der Waals surface area contributed by atoms with Crippen LogP contribution in [0.2, 0.25) is 5.02 Å². The molecule has 0 spiro atoms. The summed E-state index contributed by atoms with van der Waals surface area (Å²) < 4.78 is 17.1. The summed E-state index contributed by atoms with van der Waals surface area (Å²) in [6.45, 7) is 3.48. The molecular formula is C25H22ClIN2O7S. The summed E-state index contributed by atoms with van der Waals surface area (Å²) in [5.41, 5.74) is 0.780. The molecule has 2 aliphatic rings. The molecule has 9 nitrogen and oxygen atoms in total. The Kier molecular flexibility index (Phi) is 9.11. The fourth-order valence-corrected chi connectivity index (χ4v) is 5.43. The Hall–Kier alpha value is -2.61. The number of morpholine rings is 1. The van der Waals surface area contributed by atoms with Crippen LogP contribution in [0.5, 0.6) is 11.5 Å². The van der Waals surface area contributed by atoms with Crippen molar-refractivity contribution in [3.8, 4) is 11.5 Å². The Bertz CT molecular complexity index is 1280. The van der Waals surface area contributed by atoms with Crippen LogP contribution in [-0.2, 0) is 14.3 Å². The first-order valence-corrected chi connectivity index (χ1v) is 13.6. The molecule has 2 heterocycles. The minimum atomic E-state index is -0.636. The van der Waals surface area contributed by atoms with Gasteiger partial charge in [0.2, 0.25) is 5.91 Å². The summed E-state index contributed by atoms with van der Waals surface area (Å²) in [6.07, 6.45) is 1.55. The number of carbonyl (C=O) groups is 4. The number of hydrogen-bond donors (Lipinski definition) is 0. The lowest BCUT2D eigenvalue weighted by atomic mass is 10.1. The number of esters is 1. The summed E-state index contributed by atoms with van der Waals surface area (Å²) in [4.78, 5) is 53.4. The van der Waals surface area contributed by atoms with Crippen molar-refractivity contribution < 1.29 is 33.4 Å². The molecule has 0 N–H and O–H groups in total. The number of halogens is 2. The van der Waals surface area contributed by atoms with Crippen LogP contribution in [-0.4, -0.2) is 72.3 Å². The molecule has 2 saturated heterocycles. The van der Waals surface area contributed by atoms with Crippen LogP contribution in [0.1, 0.15) is 22.8 Å². The zero-order chi connectivity index (χ0) is 26.5. The van der Waals surface area contributed by atoms with Crippen molar-refractivity contribution >= 4 is 75.1 Å². The van der Waals surface area contributed by atoms with E-state index in [1.165, 1.54) is 0 Å². The van der Waals surface area contributed by atoms with E-state index < -0.39 is 17.1 Å². The van der Waals surface area contributed by atoms with Gasteiger partial charge in [0.15, 0.2) is 11.5 Å². The van der Waals surface area contributed by atoms with Gasteiger partial charge < -0.3 is 19.1 Å². The average Bonchev–Trinajstić information content (AvgIpc) is 3.14. The lowest BCUT2D eigenvalue weighted by molar-refractivity contribution is -0.139. The molecule has 0 atom stereocenters. The van der Waals surface area contributed by atoms with Crippen LogP contribution in [0.25, 0.3) is 6.08 Å². The van der Waals surface area contributed by atoms with E-state index in [0.717, 1.165) is 16.7 Å². The number of benzene rings is 2. The lowest BCUT2D eigenvalue weighted by Crippen LogP contribution is -2.46. The second kappa shape index (κ2) is 12.3. The fourth-order valence-electron chi connectivity index (χ4n) is 3.64. The average molecular weight is 657 g/mol. The Morgan fingerprint density at radius 1 is 1.19 bits per heavy atom. The van der Waals surface area contributed by atoms with Gasteiger partial charge in [-0.1, -0.05) is 23.7 Å². The molecule has 0 aromatic heterocycles. The Morgan fingerprint density at radius 3 is 2.62 bits per heavy atom. The maximum atomic E-state index is 12.9. The maximum Gasteiger partial charge on any atom is 0.345 e. The highest BCUT2D eigenvalue weighted by Gasteiger charge is 2.37. The molecule has 0 radical (unpaired) electrons. The molecular weight excluding hydrogens is 635 g/mol. The van der Waals surface area contributed by atoms with E-state index >= 15 is 0 Å². The molecule has 0 saturated carbocycles. The van der Waals surface area contributed by atoms with Crippen molar-refractivity contribution in [3.63, 3.8) is 0 Å². The number of hydrogen-bond acceptors (Lipinski definition) is 8. The fraction of sp³-hybridized carbons (Fsp3) is 0.280. The number of rotatable bonds is 7. The highest BCUT2D eigenvalue weighted by Crippen LogP contribution is 2.38. The van der Waals surface area contributed by atoms with E-state index in [9.17, 15) is 19.2 Å². The van der Waals surface area contributed by atoms with E-state index in [0.29, 0.717) is 47.8 Å². The molecule has 2 aliphatic heterocycles. The SMILES string of the molecule is CCOc1cc(/C=C2\SC(=O)N(CC(=O)N3CCOCC3)C2=O)cc(I)c1OC(=O)c1ccccc1Cl. The van der Waals surface area contributed by atoms with E-state index in [4.69, 9.17) is 25.8 Å². The minimum Gasteiger partial charge on any atom is -0.490 e. The van der Waals surface area contributed by atoms with Gasteiger partial charge in [0.05, 0.1) is 38.9 Å². The highest BCUT2D eigenvalue weighted by atomic mass is 127. The van der Waals surface area contributed by atoms with E-state index in [-0.39, 0.29) is 33.7 Å². The predicted octanol–water partition coefficient (Wildman–Crippen LogP) is 4.46. The van der Waals surface area contributed by atoms with Gasteiger partial charge in [0.1, 0.15) is 6.54 Å². The first-order valence-electron chi connectivity index (χ1n) is 11.3. The minimum absolute atomic E-state index is 0.179. The third-order valence-electron chi connectivity index (χ3n) is 5.45. The van der Waals surface area contributed by atoms with Gasteiger partial charge in [-0.15, -0.1) is 0 Å². The lowest BCUT2D eigenvalue weighted by Gasteiger charge is -2.28. The van der Waals surface area contributed by atoms with Crippen molar-refractivity contribution in [2.24, 2.45) is 0 Å². The molecule has 0 unspecified atom stereocenters. The Labute approximate surface area is 236 Å². The second-order valence-corrected chi connectivity index (χ2v) is 10.5. The molecule has 0 bridgehead atoms. The highest BCUT2D eigenvalue weighted by molar-refractivity contribution is 14.1. The molecule has 3 amide bonds. The number of thioether (sulfide) groups is 1. The van der Waals surface area contributed by atoms with Crippen molar-refractivity contribution in [2.45, 2.75) is 6.92 Å². The quantitative estimate of drug-likeness (QED) is 0.186. The molecule has 2 aromatic rings. The van der Waals surface area contributed by atoms with Crippen molar-refractivity contribution in [1.82, 2.24) is 9.80 Å². The Morgan fingerprint density at radius 2 is 1.92 bits per heavy atom. The number of carbonyl (C=O) groups excluding carboxylic acids is 4. The molecule has 194 valence electrons. The number of nitrogens with zero attached hydrogens (tertiary/aromatic N) is 2. The summed E-state index contributed by atoms with van der Waals surface area (Å²) in [6, 6.07) is 9.87. The van der Waals surface area contributed by atoms with Gasteiger partial charge in [-0.25, -0.2) is 4.79 Å². The van der Waals surface area contributed by atoms with Gasteiger partial charge in [-0.2, -0.15) is 0 Å². The summed E-state index contributed by atoms with van der Waals surface area (Å²) in [5, 5.41) is -0.247.